The molecule has 0 aliphatic carbocycles. The quantitative estimate of drug-likeness (QED) is 0.912. The van der Waals surface area contributed by atoms with Crippen molar-refractivity contribution in [3.05, 3.63) is 57.8 Å². The zero-order valence-corrected chi connectivity index (χ0v) is 14.3. The fraction of sp³-hybridized carbons (Fsp3) is 0.389. The zero-order valence-electron chi connectivity index (χ0n) is 14.3. The Morgan fingerprint density at radius 1 is 1.40 bits per heavy atom. The molecule has 1 aromatic carbocycles. The number of carbonyl (C=O) groups is 1. The number of benzene rings is 1. The molecule has 1 atom stereocenters. The highest BCUT2D eigenvalue weighted by atomic mass is 19.1. The topological polar surface area (TPSA) is 67.2 Å². The number of anilines is 1. The highest BCUT2D eigenvalue weighted by Gasteiger charge is 2.24. The van der Waals surface area contributed by atoms with Gasteiger partial charge in [0.2, 0.25) is 0 Å². The molecule has 2 aromatic rings. The largest absolute Gasteiger partial charge is 0.370 e. The summed E-state index contributed by atoms with van der Waals surface area (Å²) in [5.74, 6) is -0.233. The van der Waals surface area contributed by atoms with Gasteiger partial charge < -0.3 is 10.2 Å². The van der Waals surface area contributed by atoms with E-state index in [0.717, 1.165) is 25.2 Å². The minimum Gasteiger partial charge on any atom is -0.370 e. The number of hydrogen-bond donors (Lipinski definition) is 1. The van der Waals surface area contributed by atoms with Crippen LogP contribution in [-0.4, -0.2) is 35.3 Å². The molecule has 1 aliphatic rings. The van der Waals surface area contributed by atoms with Gasteiger partial charge in [-0.3, -0.25) is 9.59 Å². The van der Waals surface area contributed by atoms with Gasteiger partial charge >= 0.3 is 0 Å². The van der Waals surface area contributed by atoms with Crippen LogP contribution in [0, 0.1) is 18.7 Å². The van der Waals surface area contributed by atoms with Crippen molar-refractivity contribution in [2.24, 2.45) is 13.0 Å². The highest BCUT2D eigenvalue weighted by molar-refractivity contribution is 5.95. The van der Waals surface area contributed by atoms with Gasteiger partial charge in [0, 0.05) is 38.3 Å². The van der Waals surface area contributed by atoms with Crippen molar-refractivity contribution in [1.29, 1.82) is 0 Å². The van der Waals surface area contributed by atoms with Gasteiger partial charge in [0.05, 0.1) is 11.9 Å². The monoisotopic (exact) mass is 344 g/mol. The maximum Gasteiger partial charge on any atom is 0.268 e. The Morgan fingerprint density at radius 3 is 2.92 bits per heavy atom. The van der Waals surface area contributed by atoms with Gasteiger partial charge in [0.25, 0.3) is 11.5 Å². The van der Waals surface area contributed by atoms with Gasteiger partial charge in [0.15, 0.2) is 0 Å². The fourth-order valence-corrected chi connectivity index (χ4v) is 3.08. The van der Waals surface area contributed by atoms with Gasteiger partial charge in [-0.1, -0.05) is 0 Å². The van der Waals surface area contributed by atoms with Crippen LogP contribution in [0.4, 0.5) is 10.1 Å². The molecule has 3 rings (SSSR count). The maximum atomic E-state index is 13.1. The summed E-state index contributed by atoms with van der Waals surface area (Å²) in [7, 11) is 1.62. The lowest BCUT2D eigenvalue weighted by Gasteiger charge is -2.18. The normalized spacial score (nSPS) is 16.9. The second-order valence-electron chi connectivity index (χ2n) is 6.45. The lowest BCUT2D eigenvalue weighted by atomic mass is 10.1. The van der Waals surface area contributed by atoms with Gasteiger partial charge in [-0.15, -0.1) is 0 Å². The van der Waals surface area contributed by atoms with E-state index in [9.17, 15) is 14.0 Å². The molecule has 25 heavy (non-hydrogen) atoms. The summed E-state index contributed by atoms with van der Waals surface area (Å²) < 4.78 is 14.4. The first-order valence-corrected chi connectivity index (χ1v) is 8.26. The van der Waals surface area contributed by atoms with E-state index in [2.05, 4.69) is 15.3 Å². The molecule has 2 heterocycles. The van der Waals surface area contributed by atoms with E-state index in [-0.39, 0.29) is 17.3 Å². The Morgan fingerprint density at radius 2 is 2.20 bits per heavy atom. The molecule has 0 radical (unpaired) electrons. The molecule has 6 nitrogen and oxygen atoms in total. The van der Waals surface area contributed by atoms with Crippen LogP contribution >= 0.6 is 0 Å². The Hall–Kier alpha value is -2.70. The van der Waals surface area contributed by atoms with E-state index < -0.39 is 0 Å². The standard InChI is InChI=1S/C18H21FN4O2/c1-12-7-14(19)3-4-16(12)18(25)20-9-13-5-6-23(11-13)15-8-17(24)22(2)21-10-15/h3-4,7-8,10,13H,5-6,9,11H2,1-2H3,(H,20,25)/t13-/m1/s1. The third-order valence-electron chi connectivity index (χ3n) is 4.59. The molecular weight excluding hydrogens is 323 g/mol. The van der Waals surface area contributed by atoms with Crippen molar-refractivity contribution >= 4 is 11.6 Å². The second-order valence-corrected chi connectivity index (χ2v) is 6.45. The number of rotatable bonds is 4. The third-order valence-corrected chi connectivity index (χ3v) is 4.59. The molecule has 0 spiro atoms. The van der Waals surface area contributed by atoms with Crippen molar-refractivity contribution in [2.45, 2.75) is 13.3 Å². The van der Waals surface area contributed by atoms with E-state index in [1.807, 2.05) is 0 Å². The summed E-state index contributed by atoms with van der Waals surface area (Å²) >= 11 is 0. The van der Waals surface area contributed by atoms with Crippen molar-refractivity contribution < 1.29 is 9.18 Å². The smallest absolute Gasteiger partial charge is 0.268 e. The summed E-state index contributed by atoms with van der Waals surface area (Å²) in [6.45, 7) is 3.85. The van der Waals surface area contributed by atoms with Crippen molar-refractivity contribution in [1.82, 2.24) is 15.1 Å². The number of aromatic nitrogens is 2. The Kier molecular flexibility index (Phi) is 4.83. The van der Waals surface area contributed by atoms with Crippen LogP contribution in [0.5, 0.6) is 0 Å². The van der Waals surface area contributed by atoms with E-state index in [1.54, 1.807) is 26.2 Å². The van der Waals surface area contributed by atoms with E-state index in [0.29, 0.717) is 23.6 Å². The molecule has 1 amide bonds. The molecule has 1 saturated heterocycles. The van der Waals surface area contributed by atoms with Crippen LogP contribution in [-0.2, 0) is 7.05 Å². The lowest BCUT2D eigenvalue weighted by Crippen LogP contribution is -2.31. The minimum absolute atomic E-state index is 0.138. The molecule has 0 saturated carbocycles. The van der Waals surface area contributed by atoms with Crippen molar-refractivity contribution in [2.75, 3.05) is 24.5 Å². The van der Waals surface area contributed by atoms with Crippen LogP contribution in [0.15, 0.2) is 35.3 Å². The highest BCUT2D eigenvalue weighted by Crippen LogP contribution is 2.21. The van der Waals surface area contributed by atoms with E-state index in [1.165, 1.54) is 22.9 Å². The summed E-state index contributed by atoms with van der Waals surface area (Å²) in [6.07, 6.45) is 2.61. The fourth-order valence-electron chi connectivity index (χ4n) is 3.08. The van der Waals surface area contributed by atoms with Crippen LogP contribution in [0.3, 0.4) is 0 Å². The maximum absolute atomic E-state index is 13.1. The summed E-state index contributed by atoms with van der Waals surface area (Å²) in [5, 5.41) is 6.97. The van der Waals surface area contributed by atoms with Crippen LogP contribution in [0.1, 0.15) is 22.3 Å². The molecular formula is C18H21FN4O2. The Balaban J connectivity index is 1.57. The van der Waals surface area contributed by atoms with Crippen molar-refractivity contribution in [3.8, 4) is 0 Å². The first-order chi connectivity index (χ1) is 11.9. The third kappa shape index (κ3) is 3.87. The summed E-state index contributed by atoms with van der Waals surface area (Å²) in [5.41, 5.74) is 1.79. The molecule has 1 aromatic heterocycles. The first kappa shape index (κ1) is 17.1. The van der Waals surface area contributed by atoms with E-state index in [4.69, 9.17) is 0 Å². The second kappa shape index (κ2) is 7.04. The number of carbonyl (C=O) groups excluding carboxylic acids is 1. The van der Waals surface area contributed by atoms with Gasteiger partial charge in [0.1, 0.15) is 5.82 Å². The predicted octanol–water partition coefficient (Wildman–Crippen LogP) is 1.48. The molecule has 1 aliphatic heterocycles. The SMILES string of the molecule is Cc1cc(F)ccc1C(=O)NC[C@H]1CCN(c2cnn(C)c(=O)c2)C1. The average Bonchev–Trinajstić information content (AvgIpc) is 3.04. The predicted molar refractivity (Wildman–Crippen MR) is 93.3 cm³/mol. The van der Waals surface area contributed by atoms with Crippen LogP contribution in [0.2, 0.25) is 0 Å². The lowest BCUT2D eigenvalue weighted by molar-refractivity contribution is 0.0947. The Labute approximate surface area is 145 Å². The molecule has 7 heteroatoms. The minimum atomic E-state index is -0.344. The van der Waals surface area contributed by atoms with Gasteiger partial charge in [-0.2, -0.15) is 5.10 Å². The molecule has 0 bridgehead atoms. The number of aryl methyl sites for hydroxylation is 2. The number of nitrogens with one attached hydrogen (secondary N) is 1. The zero-order chi connectivity index (χ0) is 18.0. The summed E-state index contributed by atoms with van der Waals surface area (Å²) in [6, 6.07) is 5.74. The summed E-state index contributed by atoms with van der Waals surface area (Å²) in [4.78, 5) is 26.1. The average molecular weight is 344 g/mol. The molecule has 1 N–H and O–H groups in total. The molecule has 0 unspecified atom stereocenters. The molecule has 1 fully saturated rings. The number of nitrogens with zero attached hydrogens (tertiary/aromatic N) is 3. The number of halogens is 1. The Bertz CT molecular complexity index is 849. The van der Waals surface area contributed by atoms with Crippen LogP contribution in [0.25, 0.3) is 0 Å². The number of amides is 1. The van der Waals surface area contributed by atoms with Gasteiger partial charge in [-0.05, 0) is 43.0 Å². The number of hydrogen-bond acceptors (Lipinski definition) is 4. The van der Waals surface area contributed by atoms with Crippen molar-refractivity contribution in [3.63, 3.8) is 0 Å². The molecule has 132 valence electrons. The first-order valence-electron chi connectivity index (χ1n) is 8.26. The van der Waals surface area contributed by atoms with Gasteiger partial charge in [-0.25, -0.2) is 9.07 Å². The van der Waals surface area contributed by atoms with E-state index >= 15 is 0 Å². The van der Waals surface area contributed by atoms with Crippen LogP contribution < -0.4 is 15.8 Å².